The number of carbonyl (C=O) groups is 2. The van der Waals surface area contributed by atoms with E-state index in [2.05, 4.69) is 5.32 Å². The van der Waals surface area contributed by atoms with Crippen molar-refractivity contribution in [3.05, 3.63) is 59.7 Å². The summed E-state index contributed by atoms with van der Waals surface area (Å²) in [5, 5.41) is 3.19. The summed E-state index contributed by atoms with van der Waals surface area (Å²) in [6, 6.07) is 13.0. The van der Waals surface area contributed by atoms with E-state index in [0.717, 1.165) is 31.2 Å². The van der Waals surface area contributed by atoms with Gasteiger partial charge >= 0.3 is 0 Å². The lowest BCUT2D eigenvalue weighted by molar-refractivity contribution is -0.127. The smallest absolute Gasteiger partial charge is 0.264 e. The Morgan fingerprint density at radius 2 is 1.67 bits per heavy atom. The van der Waals surface area contributed by atoms with E-state index in [0.29, 0.717) is 17.7 Å². The lowest BCUT2D eigenvalue weighted by Crippen LogP contribution is -2.53. The number of anilines is 1. The number of hydrogen-bond donors (Lipinski definition) is 1. The van der Waals surface area contributed by atoms with E-state index >= 15 is 0 Å². The number of fused-ring (bicyclic) bond motifs is 1. The highest BCUT2D eigenvalue weighted by atomic mass is 32.2. The van der Waals surface area contributed by atoms with Gasteiger partial charge in [0, 0.05) is 12.6 Å². The summed E-state index contributed by atoms with van der Waals surface area (Å²) in [5.41, 5.74) is 1.61. The van der Waals surface area contributed by atoms with Crippen LogP contribution in [0.2, 0.25) is 0 Å². The van der Waals surface area contributed by atoms with Crippen molar-refractivity contribution in [1.29, 1.82) is 0 Å². The molecule has 36 heavy (non-hydrogen) atoms. The predicted octanol–water partition coefficient (Wildman–Crippen LogP) is 4.51. The van der Waals surface area contributed by atoms with Crippen molar-refractivity contribution in [2.45, 2.75) is 76.3 Å². The molecule has 1 atom stereocenters. The van der Waals surface area contributed by atoms with Gasteiger partial charge in [0.25, 0.3) is 15.9 Å². The molecule has 0 spiro atoms. The number of nitrogens with one attached hydrogen (secondary N) is 1. The first-order chi connectivity index (χ1) is 17.2. The first kappa shape index (κ1) is 26.2. The van der Waals surface area contributed by atoms with Gasteiger partial charge in [-0.15, -0.1) is 0 Å². The zero-order chi connectivity index (χ0) is 25.9. The topological polar surface area (TPSA) is 86.8 Å². The van der Waals surface area contributed by atoms with E-state index < -0.39 is 16.1 Å². The van der Waals surface area contributed by atoms with Gasteiger partial charge in [-0.3, -0.25) is 13.9 Å². The van der Waals surface area contributed by atoms with Crippen LogP contribution in [0.15, 0.2) is 53.4 Å². The Hall–Kier alpha value is -2.87. The normalized spacial score (nSPS) is 18.1. The number of para-hydroxylation sites is 1. The molecule has 2 aromatic carbocycles. The molecule has 0 saturated heterocycles. The minimum absolute atomic E-state index is 0.0737. The van der Waals surface area contributed by atoms with Gasteiger partial charge < -0.3 is 10.2 Å². The predicted molar refractivity (Wildman–Crippen MR) is 141 cm³/mol. The first-order valence-corrected chi connectivity index (χ1v) is 14.4. The van der Waals surface area contributed by atoms with Crippen molar-refractivity contribution < 1.29 is 18.0 Å². The van der Waals surface area contributed by atoms with E-state index in [9.17, 15) is 18.0 Å². The van der Waals surface area contributed by atoms with Gasteiger partial charge in [-0.2, -0.15) is 0 Å². The highest BCUT2D eigenvalue weighted by Gasteiger charge is 2.38. The molecule has 7 nitrogen and oxygen atoms in total. The van der Waals surface area contributed by atoms with Crippen LogP contribution in [0.3, 0.4) is 0 Å². The fourth-order valence-electron chi connectivity index (χ4n) is 5.20. The van der Waals surface area contributed by atoms with Gasteiger partial charge in [0.2, 0.25) is 5.91 Å². The molecular formula is C28H37N3O4S. The third-order valence-corrected chi connectivity index (χ3v) is 8.97. The summed E-state index contributed by atoms with van der Waals surface area (Å²) in [4.78, 5) is 29.1. The third kappa shape index (κ3) is 5.59. The van der Waals surface area contributed by atoms with Crippen LogP contribution < -0.4 is 9.62 Å². The average Bonchev–Trinajstić information content (AvgIpc) is 3.00. The largest absolute Gasteiger partial charge is 0.352 e. The number of amides is 2. The Kier molecular flexibility index (Phi) is 8.03. The van der Waals surface area contributed by atoms with Crippen LogP contribution in [0.1, 0.15) is 68.3 Å². The van der Waals surface area contributed by atoms with Crippen molar-refractivity contribution in [3.63, 3.8) is 0 Å². The number of sulfonamides is 1. The molecule has 0 bridgehead atoms. The van der Waals surface area contributed by atoms with Crippen LogP contribution in [-0.4, -0.2) is 50.3 Å². The number of benzene rings is 2. The molecule has 1 saturated carbocycles. The Bertz CT molecular complexity index is 1190. The molecule has 0 aromatic heterocycles. The SMILES string of the molecule is Cc1ccc(S(=O)(=O)N2CCN(C(CC(C)C)C(=O)NC3CCCCC3)C(=O)c3ccccc32)cc1. The Balaban J connectivity index is 1.68. The highest BCUT2D eigenvalue weighted by molar-refractivity contribution is 7.92. The van der Waals surface area contributed by atoms with Crippen LogP contribution in [0.5, 0.6) is 0 Å². The second-order valence-corrected chi connectivity index (χ2v) is 12.3. The quantitative estimate of drug-likeness (QED) is 0.593. The zero-order valence-electron chi connectivity index (χ0n) is 21.4. The van der Waals surface area contributed by atoms with Crippen LogP contribution in [-0.2, 0) is 14.8 Å². The van der Waals surface area contributed by atoms with Crippen LogP contribution in [0, 0.1) is 12.8 Å². The van der Waals surface area contributed by atoms with Crippen molar-refractivity contribution in [3.8, 4) is 0 Å². The third-order valence-electron chi connectivity index (χ3n) is 7.14. The number of carbonyl (C=O) groups excluding carboxylic acids is 2. The maximum absolute atomic E-state index is 13.8. The molecule has 8 heteroatoms. The van der Waals surface area contributed by atoms with Crippen LogP contribution >= 0.6 is 0 Å². The van der Waals surface area contributed by atoms with Gasteiger partial charge in [0.1, 0.15) is 6.04 Å². The van der Waals surface area contributed by atoms with Gasteiger partial charge in [0.05, 0.1) is 22.7 Å². The molecule has 2 amide bonds. The molecule has 2 aromatic rings. The fraction of sp³-hybridized carbons (Fsp3) is 0.500. The van der Waals surface area contributed by atoms with E-state index in [-0.39, 0.29) is 41.8 Å². The summed E-state index contributed by atoms with van der Waals surface area (Å²) in [5.74, 6) is -0.265. The second-order valence-electron chi connectivity index (χ2n) is 10.4. The molecule has 1 heterocycles. The Morgan fingerprint density at radius 3 is 2.33 bits per heavy atom. The molecule has 0 radical (unpaired) electrons. The standard InChI is InChI=1S/C28H37N3O4S/c1-20(2)19-26(27(32)29-22-9-5-4-6-10-22)30-17-18-31(25-12-8-7-11-24(25)28(30)33)36(34,35)23-15-13-21(3)14-16-23/h7-8,11-16,20,22,26H,4-6,9-10,17-19H2,1-3H3,(H,29,32). The van der Waals surface area contributed by atoms with E-state index in [1.807, 2.05) is 20.8 Å². The molecule has 1 N–H and O–H groups in total. The summed E-state index contributed by atoms with van der Waals surface area (Å²) < 4.78 is 28.7. The van der Waals surface area contributed by atoms with Crippen molar-refractivity contribution >= 4 is 27.5 Å². The molecule has 1 unspecified atom stereocenters. The van der Waals surface area contributed by atoms with E-state index in [4.69, 9.17) is 0 Å². The minimum atomic E-state index is -3.90. The number of rotatable bonds is 7. The molecule has 194 valence electrons. The summed E-state index contributed by atoms with van der Waals surface area (Å²) in [6.07, 6.45) is 5.81. The first-order valence-electron chi connectivity index (χ1n) is 13.0. The minimum Gasteiger partial charge on any atom is -0.352 e. The number of hydrogen-bond acceptors (Lipinski definition) is 4. The summed E-state index contributed by atoms with van der Waals surface area (Å²) in [6.45, 7) is 6.18. The summed E-state index contributed by atoms with van der Waals surface area (Å²) >= 11 is 0. The monoisotopic (exact) mass is 511 g/mol. The lowest BCUT2D eigenvalue weighted by Gasteiger charge is -2.33. The van der Waals surface area contributed by atoms with Crippen LogP contribution in [0.4, 0.5) is 5.69 Å². The maximum Gasteiger partial charge on any atom is 0.264 e. The Morgan fingerprint density at radius 1 is 1.00 bits per heavy atom. The molecular weight excluding hydrogens is 474 g/mol. The molecule has 1 aliphatic heterocycles. The average molecular weight is 512 g/mol. The molecule has 2 aliphatic rings. The molecule has 4 rings (SSSR count). The number of aryl methyl sites for hydroxylation is 1. The zero-order valence-corrected chi connectivity index (χ0v) is 22.3. The van der Waals surface area contributed by atoms with Gasteiger partial charge in [0.15, 0.2) is 0 Å². The fourth-order valence-corrected chi connectivity index (χ4v) is 6.67. The number of nitrogens with zero attached hydrogens (tertiary/aromatic N) is 2. The molecule has 1 aliphatic carbocycles. The van der Waals surface area contributed by atoms with E-state index in [1.165, 1.54) is 10.7 Å². The van der Waals surface area contributed by atoms with Crippen molar-refractivity contribution in [2.24, 2.45) is 5.92 Å². The maximum atomic E-state index is 13.8. The molecule has 1 fully saturated rings. The lowest BCUT2D eigenvalue weighted by atomic mass is 9.94. The highest BCUT2D eigenvalue weighted by Crippen LogP contribution is 2.32. The second kappa shape index (κ2) is 11.0. The Labute approximate surface area is 214 Å². The van der Waals surface area contributed by atoms with Gasteiger partial charge in [-0.25, -0.2) is 8.42 Å². The summed E-state index contributed by atoms with van der Waals surface area (Å²) in [7, 11) is -3.90. The van der Waals surface area contributed by atoms with Crippen molar-refractivity contribution in [2.75, 3.05) is 17.4 Å². The van der Waals surface area contributed by atoms with E-state index in [1.54, 1.807) is 53.4 Å². The van der Waals surface area contributed by atoms with Crippen molar-refractivity contribution in [1.82, 2.24) is 10.2 Å². The van der Waals surface area contributed by atoms with Gasteiger partial charge in [-0.1, -0.05) is 62.9 Å². The van der Waals surface area contributed by atoms with Crippen LogP contribution in [0.25, 0.3) is 0 Å². The van der Waals surface area contributed by atoms with Gasteiger partial charge in [-0.05, 0) is 56.4 Å².